The van der Waals surface area contributed by atoms with Gasteiger partial charge in [-0.1, -0.05) is 29.8 Å². The predicted octanol–water partition coefficient (Wildman–Crippen LogP) is 1.40. The van der Waals surface area contributed by atoms with Gasteiger partial charge in [0.25, 0.3) is 0 Å². The Balaban J connectivity index is 2.93. The van der Waals surface area contributed by atoms with Gasteiger partial charge in [0.2, 0.25) is 10.0 Å². The monoisotopic (exact) mass is 271 g/mol. The van der Waals surface area contributed by atoms with E-state index in [1.807, 2.05) is 31.2 Å². The van der Waals surface area contributed by atoms with Crippen molar-refractivity contribution in [1.82, 2.24) is 4.31 Å². The van der Waals surface area contributed by atoms with Crippen LogP contribution >= 0.6 is 0 Å². The zero-order valence-corrected chi connectivity index (χ0v) is 11.4. The van der Waals surface area contributed by atoms with Crippen LogP contribution in [-0.2, 0) is 14.8 Å². The largest absolute Gasteiger partial charge is 0.480 e. The second-order valence-corrected chi connectivity index (χ2v) is 6.28. The Bertz CT molecular complexity index is 522. The number of carbonyl (C=O) groups is 1. The van der Waals surface area contributed by atoms with Gasteiger partial charge in [-0.15, -0.1) is 0 Å². The van der Waals surface area contributed by atoms with Crippen molar-refractivity contribution in [2.75, 3.05) is 12.8 Å². The van der Waals surface area contributed by atoms with Gasteiger partial charge in [-0.2, -0.15) is 4.31 Å². The molecule has 1 N–H and O–H groups in total. The number of rotatable bonds is 5. The van der Waals surface area contributed by atoms with E-state index in [0.717, 1.165) is 15.4 Å². The van der Waals surface area contributed by atoms with Crippen LogP contribution in [0.2, 0.25) is 0 Å². The van der Waals surface area contributed by atoms with Gasteiger partial charge < -0.3 is 5.11 Å². The lowest BCUT2D eigenvalue weighted by atomic mass is 10.1. The van der Waals surface area contributed by atoms with E-state index in [4.69, 9.17) is 5.11 Å². The minimum Gasteiger partial charge on any atom is -0.480 e. The average molecular weight is 271 g/mol. The Labute approximate surface area is 107 Å². The smallest absolute Gasteiger partial charge is 0.320 e. The Morgan fingerprint density at radius 3 is 2.28 bits per heavy atom. The van der Waals surface area contributed by atoms with Gasteiger partial charge in [0.1, 0.15) is 0 Å². The molecule has 0 amide bonds. The van der Waals surface area contributed by atoms with Crippen LogP contribution in [0.15, 0.2) is 24.3 Å². The zero-order valence-electron chi connectivity index (χ0n) is 10.6. The first-order valence-electron chi connectivity index (χ1n) is 5.48. The molecule has 0 aromatic heterocycles. The first-order valence-corrected chi connectivity index (χ1v) is 7.09. The lowest BCUT2D eigenvalue weighted by molar-refractivity contribution is -0.134. The molecule has 1 unspecified atom stereocenters. The number of sulfonamides is 1. The number of hydrogen-bond donors (Lipinski definition) is 1. The Morgan fingerprint density at radius 2 is 1.83 bits per heavy atom. The van der Waals surface area contributed by atoms with Crippen LogP contribution in [0.1, 0.15) is 24.1 Å². The van der Waals surface area contributed by atoms with Crippen molar-refractivity contribution in [3.8, 4) is 0 Å². The first-order chi connectivity index (χ1) is 8.24. The minimum atomic E-state index is -3.78. The van der Waals surface area contributed by atoms with Gasteiger partial charge in [-0.25, -0.2) is 8.42 Å². The van der Waals surface area contributed by atoms with E-state index >= 15 is 0 Å². The van der Waals surface area contributed by atoms with Crippen molar-refractivity contribution in [2.24, 2.45) is 0 Å². The molecule has 0 fully saturated rings. The van der Waals surface area contributed by atoms with Gasteiger partial charge in [0.05, 0.1) is 0 Å². The highest BCUT2D eigenvalue weighted by Crippen LogP contribution is 2.21. The van der Waals surface area contributed by atoms with Gasteiger partial charge >= 0.3 is 5.97 Å². The third-order valence-corrected chi connectivity index (χ3v) is 4.66. The molecule has 1 rings (SSSR count). The summed E-state index contributed by atoms with van der Waals surface area (Å²) < 4.78 is 24.6. The zero-order chi connectivity index (χ0) is 13.9. The van der Waals surface area contributed by atoms with E-state index < -0.39 is 27.8 Å². The van der Waals surface area contributed by atoms with E-state index in [-0.39, 0.29) is 0 Å². The number of aliphatic carboxylic acids is 1. The van der Waals surface area contributed by atoms with Crippen LogP contribution in [0.25, 0.3) is 0 Å². The molecule has 0 aliphatic heterocycles. The molecule has 0 aliphatic rings. The summed E-state index contributed by atoms with van der Waals surface area (Å²) in [5, 5.41) is 8.58. The maximum Gasteiger partial charge on any atom is 0.320 e. The highest BCUT2D eigenvalue weighted by atomic mass is 32.2. The molecule has 1 atom stereocenters. The third kappa shape index (κ3) is 3.54. The van der Waals surface area contributed by atoms with Crippen molar-refractivity contribution in [3.63, 3.8) is 0 Å². The minimum absolute atomic E-state index is 0.394. The first kappa shape index (κ1) is 14.7. The molecule has 0 heterocycles. The fourth-order valence-electron chi connectivity index (χ4n) is 1.55. The second-order valence-electron chi connectivity index (χ2n) is 4.25. The van der Waals surface area contributed by atoms with E-state index in [1.54, 1.807) is 6.92 Å². The summed E-state index contributed by atoms with van der Waals surface area (Å²) in [6.07, 6.45) is 0. The maximum absolute atomic E-state index is 11.8. The van der Waals surface area contributed by atoms with Gasteiger partial charge in [-0.05, 0) is 19.4 Å². The van der Waals surface area contributed by atoms with E-state index in [0.29, 0.717) is 0 Å². The van der Waals surface area contributed by atoms with Crippen LogP contribution in [0.3, 0.4) is 0 Å². The standard InChI is InChI=1S/C12H17NO4S/c1-9-4-6-11(7-5-9)10(2)13(3)18(16,17)8-12(14)15/h4-7,10H,8H2,1-3H3,(H,14,15). The molecule has 100 valence electrons. The molecule has 0 saturated heterocycles. The number of hydrogen-bond acceptors (Lipinski definition) is 3. The molecule has 1 aromatic carbocycles. The molecule has 5 nitrogen and oxygen atoms in total. The predicted molar refractivity (Wildman–Crippen MR) is 68.8 cm³/mol. The summed E-state index contributed by atoms with van der Waals surface area (Å²) in [5.74, 6) is -2.24. The molecular formula is C12H17NO4S. The molecule has 0 radical (unpaired) electrons. The fraction of sp³-hybridized carbons (Fsp3) is 0.417. The van der Waals surface area contributed by atoms with Crippen molar-refractivity contribution in [2.45, 2.75) is 19.9 Å². The molecular weight excluding hydrogens is 254 g/mol. The van der Waals surface area contributed by atoms with Gasteiger partial charge in [0, 0.05) is 13.1 Å². The van der Waals surface area contributed by atoms with E-state index in [9.17, 15) is 13.2 Å². The Kier molecular flexibility index (Phi) is 4.48. The molecule has 1 aromatic rings. The number of carboxylic acids is 1. The van der Waals surface area contributed by atoms with Crippen LogP contribution in [0, 0.1) is 6.92 Å². The normalized spacial score (nSPS) is 13.6. The quantitative estimate of drug-likeness (QED) is 0.878. The second kappa shape index (κ2) is 5.49. The van der Waals surface area contributed by atoms with Crippen molar-refractivity contribution >= 4 is 16.0 Å². The number of benzene rings is 1. The number of aryl methyl sites for hydroxylation is 1. The average Bonchev–Trinajstić information content (AvgIpc) is 2.26. The molecule has 18 heavy (non-hydrogen) atoms. The van der Waals surface area contributed by atoms with Crippen molar-refractivity contribution < 1.29 is 18.3 Å². The summed E-state index contributed by atoms with van der Waals surface area (Å²) in [7, 11) is -2.39. The number of carboxylic acid groups (broad SMARTS) is 1. The summed E-state index contributed by atoms with van der Waals surface area (Å²) in [4.78, 5) is 10.5. The SMILES string of the molecule is Cc1ccc(C(C)N(C)S(=O)(=O)CC(=O)O)cc1. The molecule has 0 aliphatic carbocycles. The van der Waals surface area contributed by atoms with Crippen LogP contribution in [-0.4, -0.2) is 36.6 Å². The van der Waals surface area contributed by atoms with Gasteiger partial charge in [0.15, 0.2) is 5.75 Å². The maximum atomic E-state index is 11.8. The molecule has 6 heteroatoms. The molecule has 0 saturated carbocycles. The summed E-state index contributed by atoms with van der Waals surface area (Å²) in [5.41, 5.74) is 1.92. The topological polar surface area (TPSA) is 74.7 Å². The fourth-order valence-corrected chi connectivity index (χ4v) is 2.67. The Hall–Kier alpha value is -1.40. The van der Waals surface area contributed by atoms with Crippen LogP contribution < -0.4 is 0 Å². The Morgan fingerprint density at radius 1 is 1.33 bits per heavy atom. The van der Waals surface area contributed by atoms with E-state index in [1.165, 1.54) is 7.05 Å². The third-order valence-electron chi connectivity index (χ3n) is 2.85. The molecule has 0 spiro atoms. The van der Waals surface area contributed by atoms with Gasteiger partial charge in [-0.3, -0.25) is 4.79 Å². The van der Waals surface area contributed by atoms with Crippen LogP contribution in [0.5, 0.6) is 0 Å². The lowest BCUT2D eigenvalue weighted by Crippen LogP contribution is -2.34. The lowest BCUT2D eigenvalue weighted by Gasteiger charge is -2.24. The summed E-state index contributed by atoms with van der Waals surface area (Å²) >= 11 is 0. The summed E-state index contributed by atoms with van der Waals surface area (Å²) in [6.45, 7) is 3.67. The highest BCUT2D eigenvalue weighted by molar-refractivity contribution is 7.89. The van der Waals surface area contributed by atoms with Crippen LogP contribution in [0.4, 0.5) is 0 Å². The molecule has 0 bridgehead atoms. The van der Waals surface area contributed by atoms with Crippen molar-refractivity contribution in [3.05, 3.63) is 35.4 Å². The van der Waals surface area contributed by atoms with Crippen molar-refractivity contribution in [1.29, 1.82) is 0 Å². The number of nitrogens with zero attached hydrogens (tertiary/aromatic N) is 1. The van der Waals surface area contributed by atoms with E-state index in [2.05, 4.69) is 0 Å². The highest BCUT2D eigenvalue weighted by Gasteiger charge is 2.26. The summed E-state index contributed by atoms with van der Waals surface area (Å²) in [6, 6.07) is 7.07.